The molecule has 14 nitrogen and oxygen atoms in total. The standard InChI is InChI=1S/C46H85N5O9/c1-42(2,3)25-24-32(43(4,5)6)29-37(54)51-35(44(7,8)9)22-23-36(53)49-30-33(52)28-31(20-17-19-27-48-41(58)60-46(13,14)15)39(56)50-34(21-16-18-26-47)38(55)40(57)59-45(10,11)12/h31-32,34-35H,16-30,47H2,1-15H3,(H,48,58)(H,49,53)(H,50,56)(H,51,54)/t31?,32?,34-,35?/m0/s1. The number of amides is 4. The third-order valence-corrected chi connectivity index (χ3v) is 10.1. The number of ether oxygens (including phenoxy) is 2. The number of unbranched alkanes of at least 4 members (excludes halogenated alkanes) is 2. The van der Waals surface area contributed by atoms with Crippen molar-refractivity contribution in [3.63, 3.8) is 0 Å². The van der Waals surface area contributed by atoms with Crippen LogP contribution >= 0.6 is 0 Å². The molecule has 0 saturated heterocycles. The summed E-state index contributed by atoms with van der Waals surface area (Å²) in [5.74, 6) is -4.03. The molecule has 6 N–H and O–H groups in total. The molecule has 0 aromatic carbocycles. The molecular formula is C46H85N5O9. The molecule has 0 aromatic rings. The van der Waals surface area contributed by atoms with E-state index in [9.17, 15) is 33.6 Å². The van der Waals surface area contributed by atoms with Crippen LogP contribution in [0.2, 0.25) is 0 Å². The Kier molecular flexibility index (Phi) is 23.9. The highest BCUT2D eigenvalue weighted by molar-refractivity contribution is 6.36. The number of carbonyl (C=O) groups excluding carboxylic acids is 7. The number of hydrogen-bond acceptors (Lipinski definition) is 10. The first-order chi connectivity index (χ1) is 27.2. The predicted molar refractivity (Wildman–Crippen MR) is 237 cm³/mol. The average Bonchev–Trinajstić information content (AvgIpc) is 3.06. The van der Waals surface area contributed by atoms with E-state index in [2.05, 4.69) is 62.8 Å². The third kappa shape index (κ3) is 27.3. The Balaban J connectivity index is 5.77. The average molecular weight is 852 g/mol. The van der Waals surface area contributed by atoms with Gasteiger partial charge in [-0.3, -0.25) is 24.0 Å². The van der Waals surface area contributed by atoms with E-state index in [4.69, 9.17) is 15.2 Å². The van der Waals surface area contributed by atoms with Gasteiger partial charge in [-0.25, -0.2) is 9.59 Å². The van der Waals surface area contributed by atoms with Crippen molar-refractivity contribution < 1.29 is 43.0 Å². The maximum atomic E-state index is 13.8. The molecule has 0 fully saturated rings. The van der Waals surface area contributed by atoms with E-state index >= 15 is 0 Å². The molecule has 0 radical (unpaired) electrons. The minimum absolute atomic E-state index is 0.0429. The van der Waals surface area contributed by atoms with Gasteiger partial charge in [0, 0.05) is 37.8 Å². The molecule has 4 atom stereocenters. The monoisotopic (exact) mass is 852 g/mol. The van der Waals surface area contributed by atoms with E-state index in [0.29, 0.717) is 45.1 Å². The highest BCUT2D eigenvalue weighted by atomic mass is 16.6. The van der Waals surface area contributed by atoms with Crippen LogP contribution in [-0.2, 0) is 38.2 Å². The van der Waals surface area contributed by atoms with Gasteiger partial charge in [0.15, 0.2) is 5.78 Å². The van der Waals surface area contributed by atoms with Gasteiger partial charge < -0.3 is 36.5 Å². The summed E-state index contributed by atoms with van der Waals surface area (Å²) in [6.45, 7) is 29.7. The van der Waals surface area contributed by atoms with Crippen molar-refractivity contribution in [2.75, 3.05) is 19.6 Å². The Morgan fingerprint density at radius 2 is 1.18 bits per heavy atom. The molecule has 4 amide bonds. The maximum absolute atomic E-state index is 13.8. The van der Waals surface area contributed by atoms with Gasteiger partial charge in [0.25, 0.3) is 5.78 Å². The lowest BCUT2D eigenvalue weighted by atomic mass is 9.73. The van der Waals surface area contributed by atoms with E-state index in [1.54, 1.807) is 41.5 Å². The number of alkyl carbamates (subject to hydrolysis) is 1. The number of rotatable bonds is 25. The van der Waals surface area contributed by atoms with E-state index in [1.807, 2.05) is 20.8 Å². The van der Waals surface area contributed by atoms with E-state index in [-0.39, 0.29) is 78.8 Å². The lowest BCUT2D eigenvalue weighted by molar-refractivity contribution is -0.163. The number of nitrogens with two attached hydrogens (primary N) is 1. The van der Waals surface area contributed by atoms with E-state index < -0.39 is 52.7 Å². The van der Waals surface area contributed by atoms with Crippen LogP contribution in [0.25, 0.3) is 0 Å². The second kappa shape index (κ2) is 25.4. The van der Waals surface area contributed by atoms with Crippen LogP contribution in [0.15, 0.2) is 0 Å². The van der Waals surface area contributed by atoms with Gasteiger partial charge in [0.05, 0.1) is 12.6 Å². The van der Waals surface area contributed by atoms with Gasteiger partial charge in [-0.05, 0) is 122 Å². The molecule has 3 unspecified atom stereocenters. The topological polar surface area (TPSA) is 212 Å². The highest BCUT2D eigenvalue weighted by Crippen LogP contribution is 2.36. The molecule has 0 aliphatic carbocycles. The first-order valence-corrected chi connectivity index (χ1v) is 22.1. The molecule has 0 spiro atoms. The number of carbonyl (C=O) groups is 7. The van der Waals surface area contributed by atoms with E-state index in [1.165, 1.54) is 0 Å². The first-order valence-electron chi connectivity index (χ1n) is 22.1. The zero-order chi connectivity index (χ0) is 46.7. The van der Waals surface area contributed by atoms with Crippen LogP contribution < -0.4 is 27.0 Å². The molecule has 0 aromatic heterocycles. The van der Waals surface area contributed by atoms with Crippen LogP contribution in [0.4, 0.5) is 4.79 Å². The molecular weight excluding hydrogens is 767 g/mol. The molecule has 60 heavy (non-hydrogen) atoms. The fourth-order valence-electron chi connectivity index (χ4n) is 6.42. The summed E-state index contributed by atoms with van der Waals surface area (Å²) in [5.41, 5.74) is 3.86. The SMILES string of the molecule is CC(C)(C)CCC(CC(=O)NC(CCC(=O)NCC(=O)CC(CCCCNC(=O)OC(C)(C)C)C(=O)N[C@@H](CCCCN)C(=O)C(=O)OC(C)(C)C)C(C)(C)C)C(C)(C)C. The Bertz CT molecular complexity index is 1390. The molecule has 0 aliphatic rings. The van der Waals surface area contributed by atoms with Crippen LogP contribution in [0.5, 0.6) is 0 Å². The predicted octanol–water partition coefficient (Wildman–Crippen LogP) is 7.09. The number of Topliss-reactive ketones (excluding diaryl/α,β-unsaturated/α-hetero) is 2. The number of esters is 1. The summed E-state index contributed by atoms with van der Waals surface area (Å²) in [4.78, 5) is 91.6. The number of hydrogen-bond donors (Lipinski definition) is 5. The van der Waals surface area contributed by atoms with Crippen molar-refractivity contribution in [1.82, 2.24) is 21.3 Å². The molecule has 0 rings (SSSR count). The van der Waals surface area contributed by atoms with Gasteiger partial charge in [0.2, 0.25) is 17.7 Å². The Hall–Kier alpha value is -3.55. The van der Waals surface area contributed by atoms with E-state index in [0.717, 1.165) is 12.8 Å². The van der Waals surface area contributed by atoms with Crippen molar-refractivity contribution in [2.24, 2.45) is 33.8 Å². The Morgan fingerprint density at radius 1 is 0.600 bits per heavy atom. The molecule has 0 heterocycles. The fraction of sp³-hybridized carbons (Fsp3) is 0.848. The van der Waals surface area contributed by atoms with Gasteiger partial charge in [0.1, 0.15) is 11.2 Å². The van der Waals surface area contributed by atoms with Gasteiger partial charge >= 0.3 is 12.1 Å². The quantitative estimate of drug-likeness (QED) is 0.0358. The minimum atomic E-state index is -1.18. The molecule has 0 saturated carbocycles. The normalized spacial score (nSPS) is 14.5. The molecule has 0 bridgehead atoms. The summed E-state index contributed by atoms with van der Waals surface area (Å²) in [6.07, 6.45) is 4.33. The summed E-state index contributed by atoms with van der Waals surface area (Å²) in [6, 6.07) is -1.46. The van der Waals surface area contributed by atoms with Crippen LogP contribution in [0.3, 0.4) is 0 Å². The summed E-state index contributed by atoms with van der Waals surface area (Å²) < 4.78 is 10.6. The minimum Gasteiger partial charge on any atom is -0.454 e. The van der Waals surface area contributed by atoms with Gasteiger partial charge in [-0.1, -0.05) is 68.7 Å². The van der Waals surface area contributed by atoms with Crippen molar-refractivity contribution >= 4 is 41.4 Å². The summed E-state index contributed by atoms with van der Waals surface area (Å²) in [5, 5.41) is 11.3. The zero-order valence-electron chi connectivity index (χ0n) is 40.2. The van der Waals surface area contributed by atoms with Crippen molar-refractivity contribution in [2.45, 2.75) is 204 Å². The summed E-state index contributed by atoms with van der Waals surface area (Å²) >= 11 is 0. The van der Waals surface area contributed by atoms with Crippen molar-refractivity contribution in [1.29, 1.82) is 0 Å². The maximum Gasteiger partial charge on any atom is 0.407 e. The van der Waals surface area contributed by atoms with Crippen molar-refractivity contribution in [3.8, 4) is 0 Å². The second-order valence-corrected chi connectivity index (χ2v) is 21.7. The van der Waals surface area contributed by atoms with Crippen LogP contribution in [0.1, 0.15) is 181 Å². The van der Waals surface area contributed by atoms with Crippen molar-refractivity contribution in [3.05, 3.63) is 0 Å². The lowest BCUT2D eigenvalue weighted by Crippen LogP contribution is -2.48. The fourth-order valence-corrected chi connectivity index (χ4v) is 6.42. The molecule has 348 valence electrons. The lowest BCUT2D eigenvalue weighted by Gasteiger charge is -2.35. The van der Waals surface area contributed by atoms with Crippen LogP contribution in [-0.4, -0.2) is 84.3 Å². The van der Waals surface area contributed by atoms with Gasteiger partial charge in [-0.15, -0.1) is 0 Å². The largest absolute Gasteiger partial charge is 0.454 e. The van der Waals surface area contributed by atoms with Gasteiger partial charge in [-0.2, -0.15) is 0 Å². The number of nitrogens with one attached hydrogen (secondary N) is 4. The Morgan fingerprint density at radius 3 is 1.70 bits per heavy atom. The highest BCUT2D eigenvalue weighted by Gasteiger charge is 2.34. The van der Waals surface area contributed by atoms with Crippen LogP contribution in [0, 0.1) is 28.1 Å². The first kappa shape index (κ1) is 56.5. The Labute approximate surface area is 362 Å². The number of ketones is 2. The summed E-state index contributed by atoms with van der Waals surface area (Å²) in [7, 11) is 0. The second-order valence-electron chi connectivity index (χ2n) is 21.7. The zero-order valence-corrected chi connectivity index (χ0v) is 40.2. The third-order valence-electron chi connectivity index (χ3n) is 10.1. The molecule has 14 heteroatoms. The molecule has 0 aliphatic heterocycles. The smallest absolute Gasteiger partial charge is 0.407 e.